The number of ether oxygens (including phenoxy) is 4. The topological polar surface area (TPSA) is 237 Å². The zero-order chi connectivity index (χ0) is 68.0. The van der Waals surface area contributed by atoms with E-state index in [2.05, 4.69) is 72.8 Å². The molecule has 0 aliphatic heterocycles. The molecule has 0 aromatic heterocycles. The molecule has 0 aliphatic rings. The monoisotopic (exact) mass is 1350 g/mol. The number of allylic oxidation sites excluding steroid dienone is 4. The van der Waals surface area contributed by atoms with Gasteiger partial charge in [0.25, 0.3) is 0 Å². The van der Waals surface area contributed by atoms with E-state index < -0.39 is 97.5 Å². The molecule has 0 bridgehead atoms. The first kappa shape index (κ1) is 89.5. The third-order valence-corrected chi connectivity index (χ3v) is 18.2. The third-order valence-electron chi connectivity index (χ3n) is 16.3. The molecule has 0 spiro atoms. The Morgan fingerprint density at radius 3 is 0.880 bits per heavy atom. The van der Waals surface area contributed by atoms with Crippen molar-refractivity contribution in [3.63, 3.8) is 0 Å². The first-order chi connectivity index (χ1) is 44.2. The third kappa shape index (κ3) is 66.2. The molecular weight excluding hydrogens is 1210 g/mol. The van der Waals surface area contributed by atoms with Crippen LogP contribution in [0.3, 0.4) is 0 Å². The average molecular weight is 1350 g/mol. The van der Waals surface area contributed by atoms with Crippen LogP contribution in [0.5, 0.6) is 0 Å². The fourth-order valence-corrected chi connectivity index (χ4v) is 12.1. The normalized spacial score (nSPS) is 14.3. The molecule has 2 unspecified atom stereocenters. The van der Waals surface area contributed by atoms with Gasteiger partial charge in [0.1, 0.15) is 19.3 Å². The number of carbonyl (C=O) groups excluding carboxylic acids is 4. The van der Waals surface area contributed by atoms with Gasteiger partial charge in [-0.05, 0) is 69.1 Å². The van der Waals surface area contributed by atoms with E-state index in [0.29, 0.717) is 37.5 Å². The Labute approximate surface area is 561 Å². The second-order valence-corrected chi connectivity index (χ2v) is 30.0. The molecule has 0 aliphatic carbocycles. The van der Waals surface area contributed by atoms with E-state index >= 15 is 0 Å². The van der Waals surface area contributed by atoms with Crippen molar-refractivity contribution in [2.45, 2.75) is 362 Å². The standard InChI is InChI=1S/C73H138O17P2/c1-8-9-10-11-12-13-14-15-16-21-24-27-33-42-49-56-72(77)89-68(60-83-70(75)54-47-40-32-26-23-20-18-17-19-22-25-30-37-44-51-64(2)3)62-87-91(79,80)85-58-67(74)59-86-92(81,82)88-63-69(61-84-71(76)55-48-41-36-35-39-46-53-66(6)7)90-73(78)57-50-43-34-29-28-31-38-45-52-65(4)5/h13-16,64-69,74H,8-12,17-63H2,1-7H3,(H,79,80)(H,81,82)/b14-13-,16-15-/t67-,68-,69-/m1/s1. The predicted molar refractivity (Wildman–Crippen MR) is 372 cm³/mol. The van der Waals surface area contributed by atoms with Gasteiger partial charge in [-0.25, -0.2) is 9.13 Å². The van der Waals surface area contributed by atoms with Crippen molar-refractivity contribution in [3.05, 3.63) is 24.3 Å². The summed E-state index contributed by atoms with van der Waals surface area (Å²) in [4.78, 5) is 72.6. The minimum Gasteiger partial charge on any atom is -0.462 e. The Bertz CT molecular complexity index is 1890. The quantitative estimate of drug-likeness (QED) is 0.0169. The van der Waals surface area contributed by atoms with Crippen molar-refractivity contribution in [1.29, 1.82) is 0 Å². The number of carbonyl (C=O) groups is 4. The molecule has 0 aromatic rings. The number of rotatable bonds is 69. The molecule has 92 heavy (non-hydrogen) atoms. The first-order valence-electron chi connectivity index (χ1n) is 37.2. The lowest BCUT2D eigenvalue weighted by Crippen LogP contribution is -2.30. The van der Waals surface area contributed by atoms with E-state index in [9.17, 15) is 43.2 Å². The lowest BCUT2D eigenvalue weighted by molar-refractivity contribution is -0.161. The number of hydrogen-bond donors (Lipinski definition) is 3. The summed E-state index contributed by atoms with van der Waals surface area (Å²) in [6.07, 6.45) is 51.0. The van der Waals surface area contributed by atoms with Gasteiger partial charge >= 0.3 is 39.5 Å². The largest absolute Gasteiger partial charge is 0.472 e. The fraction of sp³-hybridized carbons (Fsp3) is 0.890. The number of aliphatic hydroxyl groups excluding tert-OH is 1. The molecule has 19 heteroatoms. The number of aliphatic hydroxyl groups is 1. The van der Waals surface area contributed by atoms with Gasteiger partial charge in [-0.15, -0.1) is 0 Å². The van der Waals surface area contributed by atoms with Gasteiger partial charge < -0.3 is 33.8 Å². The van der Waals surface area contributed by atoms with Crippen molar-refractivity contribution in [2.75, 3.05) is 39.6 Å². The summed E-state index contributed by atoms with van der Waals surface area (Å²) in [5.41, 5.74) is 0. The lowest BCUT2D eigenvalue weighted by Gasteiger charge is -2.21. The number of phosphoric ester groups is 2. The molecule has 0 saturated carbocycles. The van der Waals surface area contributed by atoms with Crippen LogP contribution in [0.1, 0.15) is 344 Å². The highest BCUT2D eigenvalue weighted by Gasteiger charge is 2.30. The summed E-state index contributed by atoms with van der Waals surface area (Å²) in [6.45, 7) is 11.7. The Morgan fingerprint density at radius 2 is 0.587 bits per heavy atom. The van der Waals surface area contributed by atoms with Crippen molar-refractivity contribution >= 4 is 39.5 Å². The molecule has 0 fully saturated rings. The Hall–Kier alpha value is -2.46. The summed E-state index contributed by atoms with van der Waals surface area (Å²) in [5.74, 6) is 0.0349. The van der Waals surface area contributed by atoms with Gasteiger partial charge in [0, 0.05) is 25.7 Å². The van der Waals surface area contributed by atoms with Crippen LogP contribution in [-0.4, -0.2) is 96.7 Å². The summed E-state index contributed by atoms with van der Waals surface area (Å²) in [5, 5.41) is 10.6. The molecule has 17 nitrogen and oxygen atoms in total. The highest BCUT2D eigenvalue weighted by Crippen LogP contribution is 2.45. The van der Waals surface area contributed by atoms with E-state index in [1.807, 2.05) is 0 Å². The van der Waals surface area contributed by atoms with Crippen LogP contribution in [0.4, 0.5) is 0 Å². The van der Waals surface area contributed by atoms with Gasteiger partial charge in [0.2, 0.25) is 0 Å². The van der Waals surface area contributed by atoms with Gasteiger partial charge in [-0.3, -0.25) is 37.3 Å². The molecule has 0 heterocycles. The zero-order valence-corrected chi connectivity index (χ0v) is 61.3. The second kappa shape index (κ2) is 63.3. The molecule has 0 saturated heterocycles. The summed E-state index contributed by atoms with van der Waals surface area (Å²) in [7, 11) is -9.92. The maximum absolute atomic E-state index is 13.0. The number of unbranched alkanes of at least 4 members (excludes halogenated alkanes) is 34. The number of phosphoric acid groups is 2. The molecule has 0 amide bonds. The Morgan fingerprint density at radius 1 is 0.337 bits per heavy atom. The number of hydrogen-bond acceptors (Lipinski definition) is 15. The molecule has 0 rings (SSSR count). The van der Waals surface area contributed by atoms with Crippen molar-refractivity contribution in [3.8, 4) is 0 Å². The van der Waals surface area contributed by atoms with Crippen LogP contribution >= 0.6 is 15.6 Å². The second-order valence-electron chi connectivity index (χ2n) is 27.1. The first-order valence-corrected chi connectivity index (χ1v) is 40.2. The fourth-order valence-electron chi connectivity index (χ4n) is 10.5. The van der Waals surface area contributed by atoms with Gasteiger partial charge in [-0.2, -0.15) is 0 Å². The minimum atomic E-state index is -4.96. The predicted octanol–water partition coefficient (Wildman–Crippen LogP) is 20.6. The van der Waals surface area contributed by atoms with Crippen LogP contribution in [-0.2, 0) is 65.4 Å². The molecule has 542 valence electrons. The van der Waals surface area contributed by atoms with E-state index in [1.165, 1.54) is 135 Å². The summed E-state index contributed by atoms with van der Waals surface area (Å²) in [6, 6.07) is 0. The van der Waals surface area contributed by atoms with Gasteiger partial charge in [0.15, 0.2) is 12.2 Å². The van der Waals surface area contributed by atoms with Crippen LogP contribution in [0.15, 0.2) is 24.3 Å². The van der Waals surface area contributed by atoms with Crippen molar-refractivity contribution in [1.82, 2.24) is 0 Å². The van der Waals surface area contributed by atoms with Crippen LogP contribution in [0.25, 0.3) is 0 Å². The van der Waals surface area contributed by atoms with E-state index in [0.717, 1.165) is 115 Å². The SMILES string of the molecule is CCCCCC/C=C\C=C/CCCCCCCC(=O)O[C@H](COC(=O)CCCCCCCCCCCCCCCCC(C)C)COP(=O)(O)OC[C@@H](O)COP(=O)(O)OC[C@@H](COC(=O)CCCCCCCCC(C)C)OC(=O)CCCCCCCCCCC(C)C. The molecule has 0 aromatic carbocycles. The van der Waals surface area contributed by atoms with Crippen LogP contribution in [0.2, 0.25) is 0 Å². The summed E-state index contributed by atoms with van der Waals surface area (Å²) < 4.78 is 68.3. The molecular formula is C73H138O17P2. The smallest absolute Gasteiger partial charge is 0.462 e. The maximum Gasteiger partial charge on any atom is 0.472 e. The van der Waals surface area contributed by atoms with Crippen molar-refractivity contribution in [2.24, 2.45) is 17.8 Å². The van der Waals surface area contributed by atoms with Gasteiger partial charge in [-0.1, -0.05) is 291 Å². The number of esters is 4. The zero-order valence-electron chi connectivity index (χ0n) is 59.5. The molecule has 0 radical (unpaired) electrons. The lowest BCUT2D eigenvalue weighted by atomic mass is 10.0. The maximum atomic E-state index is 13.0. The van der Waals surface area contributed by atoms with E-state index in [1.54, 1.807) is 0 Å². The Kier molecular flexibility index (Phi) is 61.6. The van der Waals surface area contributed by atoms with Crippen LogP contribution < -0.4 is 0 Å². The molecule has 5 atom stereocenters. The molecule has 3 N–H and O–H groups in total. The van der Waals surface area contributed by atoms with Crippen LogP contribution in [0, 0.1) is 17.8 Å². The average Bonchev–Trinajstić information content (AvgIpc) is 3.21. The highest BCUT2D eigenvalue weighted by atomic mass is 31.2. The van der Waals surface area contributed by atoms with E-state index in [-0.39, 0.29) is 25.7 Å². The van der Waals surface area contributed by atoms with Crippen molar-refractivity contribution < 1.29 is 80.2 Å². The Balaban J connectivity index is 5.27. The van der Waals surface area contributed by atoms with E-state index in [4.69, 9.17) is 37.0 Å². The minimum absolute atomic E-state index is 0.0847. The summed E-state index contributed by atoms with van der Waals surface area (Å²) >= 11 is 0. The van der Waals surface area contributed by atoms with Gasteiger partial charge in [0.05, 0.1) is 26.4 Å². The highest BCUT2D eigenvalue weighted by molar-refractivity contribution is 7.47.